The molecule has 16 heavy (non-hydrogen) atoms. The monoisotopic (exact) mass is 228 g/mol. The molecule has 1 aliphatic rings. The van der Waals surface area contributed by atoms with Gasteiger partial charge in [-0.1, -0.05) is 0 Å². The molecule has 5 heteroatoms. The third-order valence-electron chi connectivity index (χ3n) is 2.98. The number of carboxylic acid groups (broad SMARTS) is 1. The lowest BCUT2D eigenvalue weighted by Crippen LogP contribution is -2.53. The maximum atomic E-state index is 11.8. The first kappa shape index (κ1) is 12.8. The van der Waals surface area contributed by atoms with Gasteiger partial charge >= 0.3 is 12.0 Å². The molecular weight excluding hydrogens is 208 g/mol. The molecule has 2 amide bonds. The quantitative estimate of drug-likeness (QED) is 0.764. The predicted molar refractivity (Wildman–Crippen MR) is 60.3 cm³/mol. The summed E-state index contributed by atoms with van der Waals surface area (Å²) in [5, 5.41) is 11.4. The van der Waals surface area contributed by atoms with Gasteiger partial charge in [-0.05, 0) is 33.1 Å². The van der Waals surface area contributed by atoms with Gasteiger partial charge in [-0.15, -0.1) is 0 Å². The van der Waals surface area contributed by atoms with Gasteiger partial charge in [-0.3, -0.25) is 4.79 Å². The van der Waals surface area contributed by atoms with Crippen LogP contribution in [0.15, 0.2) is 0 Å². The minimum Gasteiger partial charge on any atom is -0.481 e. The second-order valence-electron chi connectivity index (χ2n) is 5.08. The van der Waals surface area contributed by atoms with E-state index >= 15 is 0 Å². The zero-order valence-corrected chi connectivity index (χ0v) is 10.1. The van der Waals surface area contributed by atoms with Gasteiger partial charge in [0, 0.05) is 18.6 Å². The molecule has 5 nitrogen and oxygen atoms in total. The lowest BCUT2D eigenvalue weighted by molar-refractivity contribution is -0.138. The Hall–Kier alpha value is -1.26. The Morgan fingerprint density at radius 2 is 2.00 bits per heavy atom. The molecule has 0 aliphatic heterocycles. The molecule has 2 N–H and O–H groups in total. The third kappa shape index (κ3) is 3.40. The molecule has 0 saturated heterocycles. The topological polar surface area (TPSA) is 69.6 Å². The van der Waals surface area contributed by atoms with Crippen LogP contribution in [0.25, 0.3) is 0 Å². The van der Waals surface area contributed by atoms with E-state index in [2.05, 4.69) is 5.32 Å². The summed E-state index contributed by atoms with van der Waals surface area (Å²) in [6, 6.07) is 0.136. The number of urea groups is 1. The second-order valence-corrected chi connectivity index (χ2v) is 5.08. The van der Waals surface area contributed by atoms with Gasteiger partial charge in [0.2, 0.25) is 0 Å². The molecule has 0 unspecified atom stereocenters. The molecule has 0 bridgehead atoms. The van der Waals surface area contributed by atoms with Crippen molar-refractivity contribution in [3.63, 3.8) is 0 Å². The largest absolute Gasteiger partial charge is 0.481 e. The highest BCUT2D eigenvalue weighted by Gasteiger charge is 2.30. The van der Waals surface area contributed by atoms with Crippen LogP contribution in [0.5, 0.6) is 0 Å². The molecule has 0 atom stereocenters. The van der Waals surface area contributed by atoms with Crippen LogP contribution in [0.1, 0.15) is 39.5 Å². The van der Waals surface area contributed by atoms with Crippen molar-refractivity contribution in [1.29, 1.82) is 0 Å². The highest BCUT2D eigenvalue weighted by atomic mass is 16.4. The average molecular weight is 228 g/mol. The van der Waals surface area contributed by atoms with E-state index in [-0.39, 0.29) is 12.5 Å². The predicted octanol–water partition coefficient (Wildman–Crippen LogP) is 1.43. The number of nitrogens with zero attached hydrogens (tertiary/aromatic N) is 1. The molecule has 0 aromatic heterocycles. The van der Waals surface area contributed by atoms with E-state index in [0.717, 1.165) is 12.8 Å². The Labute approximate surface area is 95.8 Å². The number of carbonyl (C=O) groups is 2. The van der Waals surface area contributed by atoms with Crippen LogP contribution in [-0.2, 0) is 4.79 Å². The standard InChI is InChI=1S/C11H20N2O3/c1-11(2,7-9(14)15)12-10(16)13(3)8-5-4-6-8/h8H,4-7H2,1-3H3,(H,12,16)(H,14,15). The average Bonchev–Trinajstić information content (AvgIpc) is 1.96. The molecule has 0 aromatic carbocycles. The Morgan fingerprint density at radius 3 is 2.38 bits per heavy atom. The fourth-order valence-corrected chi connectivity index (χ4v) is 1.74. The SMILES string of the molecule is CN(C(=O)NC(C)(C)CC(=O)O)C1CCC1. The summed E-state index contributed by atoms with van der Waals surface area (Å²) >= 11 is 0. The van der Waals surface area contributed by atoms with E-state index in [1.54, 1.807) is 25.8 Å². The summed E-state index contributed by atoms with van der Waals surface area (Å²) < 4.78 is 0. The Morgan fingerprint density at radius 1 is 1.44 bits per heavy atom. The van der Waals surface area contributed by atoms with Crippen LogP contribution >= 0.6 is 0 Å². The normalized spacial score (nSPS) is 16.4. The molecule has 1 saturated carbocycles. The molecular formula is C11H20N2O3. The summed E-state index contributed by atoms with van der Waals surface area (Å²) in [6.45, 7) is 3.43. The first-order valence-electron chi connectivity index (χ1n) is 5.58. The zero-order valence-electron chi connectivity index (χ0n) is 10.1. The zero-order chi connectivity index (χ0) is 12.3. The van der Waals surface area contributed by atoms with Gasteiger partial charge in [-0.25, -0.2) is 4.79 Å². The van der Waals surface area contributed by atoms with Gasteiger partial charge in [0.15, 0.2) is 0 Å². The lowest BCUT2D eigenvalue weighted by Gasteiger charge is -2.37. The van der Waals surface area contributed by atoms with Gasteiger partial charge < -0.3 is 15.3 Å². The molecule has 1 aliphatic carbocycles. The van der Waals surface area contributed by atoms with E-state index in [9.17, 15) is 9.59 Å². The van der Waals surface area contributed by atoms with Gasteiger partial charge in [-0.2, -0.15) is 0 Å². The molecule has 92 valence electrons. The second kappa shape index (κ2) is 4.72. The number of rotatable bonds is 4. The third-order valence-corrected chi connectivity index (χ3v) is 2.98. The Kier molecular flexibility index (Phi) is 3.78. The minimum absolute atomic E-state index is 0.0722. The van der Waals surface area contributed by atoms with Crippen LogP contribution in [-0.4, -0.2) is 40.6 Å². The highest BCUT2D eigenvalue weighted by Crippen LogP contribution is 2.23. The van der Waals surface area contributed by atoms with Crippen molar-refractivity contribution in [3.05, 3.63) is 0 Å². The van der Waals surface area contributed by atoms with Crippen LogP contribution in [0.3, 0.4) is 0 Å². The van der Waals surface area contributed by atoms with Crippen molar-refractivity contribution >= 4 is 12.0 Å². The van der Waals surface area contributed by atoms with Crippen LogP contribution in [0.2, 0.25) is 0 Å². The number of carboxylic acids is 1. The Balaban J connectivity index is 2.45. The van der Waals surface area contributed by atoms with E-state index in [1.165, 1.54) is 6.42 Å². The smallest absolute Gasteiger partial charge is 0.317 e. The van der Waals surface area contributed by atoms with Crippen molar-refractivity contribution in [1.82, 2.24) is 10.2 Å². The summed E-state index contributed by atoms with van der Waals surface area (Å²) in [4.78, 5) is 24.1. The first-order valence-corrected chi connectivity index (χ1v) is 5.58. The van der Waals surface area contributed by atoms with Crippen molar-refractivity contribution in [2.45, 2.75) is 51.1 Å². The van der Waals surface area contributed by atoms with Gasteiger partial charge in [0.05, 0.1) is 6.42 Å². The van der Waals surface area contributed by atoms with E-state index < -0.39 is 11.5 Å². The number of aliphatic carboxylic acids is 1. The number of carbonyl (C=O) groups excluding carboxylic acids is 1. The van der Waals surface area contributed by atoms with Gasteiger partial charge in [0.1, 0.15) is 0 Å². The minimum atomic E-state index is -0.906. The molecule has 0 radical (unpaired) electrons. The van der Waals surface area contributed by atoms with Crippen LogP contribution < -0.4 is 5.32 Å². The number of amides is 2. The van der Waals surface area contributed by atoms with Crippen molar-refractivity contribution in [2.24, 2.45) is 0 Å². The molecule has 0 spiro atoms. The maximum Gasteiger partial charge on any atom is 0.317 e. The van der Waals surface area contributed by atoms with Crippen molar-refractivity contribution in [3.8, 4) is 0 Å². The van der Waals surface area contributed by atoms with Crippen molar-refractivity contribution < 1.29 is 14.7 Å². The van der Waals surface area contributed by atoms with Crippen LogP contribution in [0, 0.1) is 0 Å². The fourth-order valence-electron chi connectivity index (χ4n) is 1.74. The molecule has 1 fully saturated rings. The van der Waals surface area contributed by atoms with E-state index in [0.29, 0.717) is 6.04 Å². The first-order chi connectivity index (χ1) is 7.32. The molecule has 0 aromatic rings. The fraction of sp³-hybridized carbons (Fsp3) is 0.818. The van der Waals surface area contributed by atoms with E-state index in [1.807, 2.05) is 0 Å². The van der Waals surface area contributed by atoms with E-state index in [4.69, 9.17) is 5.11 Å². The summed E-state index contributed by atoms with van der Waals surface area (Å²) in [5.74, 6) is -0.906. The maximum absolute atomic E-state index is 11.8. The lowest BCUT2D eigenvalue weighted by atomic mass is 9.92. The molecule has 0 heterocycles. The highest BCUT2D eigenvalue weighted by molar-refractivity contribution is 5.76. The van der Waals surface area contributed by atoms with Gasteiger partial charge in [0.25, 0.3) is 0 Å². The summed E-state index contributed by atoms with van der Waals surface area (Å²) in [7, 11) is 1.76. The molecule has 1 rings (SSSR count). The number of hydrogen-bond acceptors (Lipinski definition) is 2. The van der Waals surface area contributed by atoms with Crippen LogP contribution in [0.4, 0.5) is 4.79 Å². The Bertz CT molecular complexity index is 285. The summed E-state index contributed by atoms with van der Waals surface area (Å²) in [6.07, 6.45) is 3.19. The van der Waals surface area contributed by atoms with Crippen molar-refractivity contribution in [2.75, 3.05) is 7.05 Å². The number of hydrogen-bond donors (Lipinski definition) is 2. The number of nitrogens with one attached hydrogen (secondary N) is 1. The summed E-state index contributed by atoms with van der Waals surface area (Å²) in [5.41, 5.74) is -0.707.